The summed E-state index contributed by atoms with van der Waals surface area (Å²) in [6.45, 7) is 1.70. The van der Waals surface area contributed by atoms with Crippen LogP contribution >= 0.6 is 0 Å². The molecule has 0 saturated heterocycles. The van der Waals surface area contributed by atoms with Crippen LogP contribution in [0.3, 0.4) is 0 Å². The molecular weight excluding hydrogens is 288 g/mol. The summed E-state index contributed by atoms with van der Waals surface area (Å²) in [5, 5.41) is 12.4. The van der Waals surface area contributed by atoms with Crippen molar-refractivity contribution in [1.82, 2.24) is 5.32 Å². The molecule has 1 atom stereocenters. The van der Waals surface area contributed by atoms with Crippen LogP contribution in [0.25, 0.3) is 0 Å². The second-order valence-corrected chi connectivity index (χ2v) is 5.09. The van der Waals surface area contributed by atoms with Crippen LogP contribution < -0.4 is 5.32 Å². The molecule has 0 radical (unpaired) electrons. The van der Waals surface area contributed by atoms with Crippen LogP contribution in [0, 0.1) is 11.6 Å². The number of nitrogens with one attached hydrogen (secondary N) is 1. The first-order valence-electron chi connectivity index (χ1n) is 6.98. The molecule has 1 unspecified atom stereocenters. The van der Waals surface area contributed by atoms with Gasteiger partial charge in [0, 0.05) is 6.42 Å². The number of halogens is 2. The van der Waals surface area contributed by atoms with Crippen molar-refractivity contribution in [3.63, 3.8) is 0 Å². The lowest BCUT2D eigenvalue weighted by Gasteiger charge is -2.14. The van der Waals surface area contributed by atoms with E-state index in [-0.39, 0.29) is 18.1 Å². The maximum absolute atomic E-state index is 13.2. The predicted octanol–water partition coefficient (Wildman–Crippen LogP) is 3.48. The van der Waals surface area contributed by atoms with Gasteiger partial charge in [0.25, 0.3) is 0 Å². The predicted molar refractivity (Wildman–Crippen MR) is 79.3 cm³/mol. The van der Waals surface area contributed by atoms with Gasteiger partial charge in [-0.25, -0.2) is 8.78 Å². The largest absolute Gasteiger partial charge is 0.508 e. The van der Waals surface area contributed by atoms with Crippen molar-refractivity contribution >= 4 is 5.91 Å². The molecule has 0 aliphatic carbocycles. The van der Waals surface area contributed by atoms with Crippen molar-refractivity contribution in [3.8, 4) is 5.75 Å². The van der Waals surface area contributed by atoms with Gasteiger partial charge in [-0.3, -0.25) is 4.79 Å². The van der Waals surface area contributed by atoms with Crippen molar-refractivity contribution in [2.24, 2.45) is 0 Å². The van der Waals surface area contributed by atoms with Crippen molar-refractivity contribution in [1.29, 1.82) is 0 Å². The lowest BCUT2D eigenvalue weighted by molar-refractivity contribution is -0.121. The minimum atomic E-state index is -0.937. The molecule has 2 aromatic carbocycles. The Balaban J connectivity index is 1.91. The van der Waals surface area contributed by atoms with Crippen LogP contribution in [-0.2, 0) is 11.2 Å². The molecule has 22 heavy (non-hydrogen) atoms. The van der Waals surface area contributed by atoms with E-state index in [1.54, 1.807) is 31.2 Å². The number of carbonyl (C=O) groups is 1. The molecule has 3 nitrogen and oxygen atoms in total. The fourth-order valence-corrected chi connectivity index (χ4v) is 2.15. The summed E-state index contributed by atoms with van der Waals surface area (Å²) in [4.78, 5) is 11.9. The average molecular weight is 305 g/mol. The first-order chi connectivity index (χ1) is 10.5. The summed E-state index contributed by atoms with van der Waals surface area (Å²) in [6.07, 6.45) is 0.606. The number of carbonyl (C=O) groups excluding carboxylic acids is 1. The Morgan fingerprint density at radius 1 is 1.18 bits per heavy atom. The number of aryl methyl sites for hydroxylation is 1. The molecule has 2 rings (SSSR count). The van der Waals surface area contributed by atoms with Gasteiger partial charge in [0.1, 0.15) is 5.75 Å². The van der Waals surface area contributed by atoms with Crippen molar-refractivity contribution < 1.29 is 18.7 Å². The molecule has 0 spiro atoms. The standard InChI is InChI=1S/C17H17F2NO2/c1-11(13-6-8-14(18)15(19)10-13)20-17(22)9-7-12-4-2-3-5-16(12)21/h2-6,8,10-11,21H,7,9H2,1H3,(H,20,22). The van der Waals surface area contributed by atoms with Crippen molar-refractivity contribution in [3.05, 3.63) is 65.2 Å². The number of hydrogen-bond acceptors (Lipinski definition) is 2. The molecular formula is C17H17F2NO2. The molecule has 0 aliphatic rings. The van der Waals surface area contributed by atoms with E-state index in [0.29, 0.717) is 17.5 Å². The Hall–Kier alpha value is -2.43. The third-order valence-corrected chi connectivity index (χ3v) is 3.43. The lowest BCUT2D eigenvalue weighted by Crippen LogP contribution is -2.26. The zero-order valence-corrected chi connectivity index (χ0v) is 12.1. The lowest BCUT2D eigenvalue weighted by atomic mass is 10.1. The van der Waals surface area contributed by atoms with Crippen molar-refractivity contribution in [2.45, 2.75) is 25.8 Å². The van der Waals surface area contributed by atoms with Crippen LogP contribution in [0.4, 0.5) is 8.78 Å². The van der Waals surface area contributed by atoms with Gasteiger partial charge in [-0.15, -0.1) is 0 Å². The molecule has 116 valence electrons. The third-order valence-electron chi connectivity index (χ3n) is 3.43. The molecule has 1 amide bonds. The van der Waals surface area contributed by atoms with Gasteiger partial charge in [0.2, 0.25) is 5.91 Å². The second kappa shape index (κ2) is 7.02. The number of benzene rings is 2. The molecule has 0 fully saturated rings. The number of hydrogen-bond donors (Lipinski definition) is 2. The SMILES string of the molecule is CC(NC(=O)CCc1ccccc1O)c1ccc(F)c(F)c1. The van der Waals surface area contributed by atoms with Crippen molar-refractivity contribution in [2.75, 3.05) is 0 Å². The maximum atomic E-state index is 13.2. The topological polar surface area (TPSA) is 49.3 Å². The maximum Gasteiger partial charge on any atom is 0.220 e. The van der Waals surface area contributed by atoms with E-state index >= 15 is 0 Å². The monoisotopic (exact) mass is 305 g/mol. The van der Waals surface area contributed by atoms with E-state index in [1.165, 1.54) is 6.07 Å². The molecule has 0 heterocycles. The Bertz CT molecular complexity index is 673. The normalized spacial score (nSPS) is 12.0. The van der Waals surface area contributed by atoms with E-state index < -0.39 is 17.7 Å². The number of para-hydroxylation sites is 1. The molecule has 2 N–H and O–H groups in total. The zero-order chi connectivity index (χ0) is 16.1. The molecule has 0 bridgehead atoms. The average Bonchev–Trinajstić information content (AvgIpc) is 2.49. The highest BCUT2D eigenvalue weighted by Crippen LogP contribution is 2.18. The number of aromatic hydroxyl groups is 1. The van der Waals surface area contributed by atoms with Gasteiger partial charge >= 0.3 is 0 Å². The van der Waals surface area contributed by atoms with Crippen LogP contribution in [0.1, 0.15) is 30.5 Å². The summed E-state index contributed by atoms with van der Waals surface area (Å²) < 4.78 is 26.1. The highest BCUT2D eigenvalue weighted by Gasteiger charge is 2.12. The van der Waals surface area contributed by atoms with Gasteiger partial charge in [-0.05, 0) is 42.7 Å². The summed E-state index contributed by atoms with van der Waals surface area (Å²) >= 11 is 0. The highest BCUT2D eigenvalue weighted by molar-refractivity contribution is 5.76. The third kappa shape index (κ3) is 4.04. The molecule has 5 heteroatoms. The van der Waals surface area contributed by atoms with E-state index in [4.69, 9.17) is 0 Å². The minimum Gasteiger partial charge on any atom is -0.508 e. The summed E-state index contributed by atoms with van der Waals surface area (Å²) in [5.74, 6) is -1.92. The number of phenols is 1. The first-order valence-corrected chi connectivity index (χ1v) is 6.98. The van der Waals surface area contributed by atoms with Gasteiger partial charge in [0.05, 0.1) is 6.04 Å². The van der Waals surface area contributed by atoms with Gasteiger partial charge in [-0.2, -0.15) is 0 Å². The van der Waals surface area contributed by atoms with Crippen LogP contribution in [0.15, 0.2) is 42.5 Å². The Kier molecular flexibility index (Phi) is 5.09. The zero-order valence-electron chi connectivity index (χ0n) is 12.1. The van der Waals surface area contributed by atoms with Crippen LogP contribution in [-0.4, -0.2) is 11.0 Å². The number of rotatable bonds is 5. The molecule has 0 saturated carbocycles. The Morgan fingerprint density at radius 3 is 2.59 bits per heavy atom. The minimum absolute atomic E-state index is 0.156. The molecule has 2 aromatic rings. The Labute approximate surface area is 127 Å². The van der Waals surface area contributed by atoms with Gasteiger partial charge in [-0.1, -0.05) is 24.3 Å². The van der Waals surface area contributed by atoms with Crippen LogP contribution in [0.5, 0.6) is 5.75 Å². The number of amides is 1. The Morgan fingerprint density at radius 2 is 1.91 bits per heavy atom. The van der Waals surface area contributed by atoms with Crippen LogP contribution in [0.2, 0.25) is 0 Å². The quantitative estimate of drug-likeness (QED) is 0.888. The fourth-order valence-electron chi connectivity index (χ4n) is 2.15. The fraction of sp³-hybridized carbons (Fsp3) is 0.235. The molecule has 0 aliphatic heterocycles. The van der Waals surface area contributed by atoms with E-state index in [2.05, 4.69) is 5.32 Å². The first kappa shape index (κ1) is 15.9. The summed E-state index contributed by atoms with van der Waals surface area (Å²) in [5.41, 5.74) is 1.19. The van der Waals surface area contributed by atoms with Gasteiger partial charge < -0.3 is 10.4 Å². The summed E-state index contributed by atoms with van der Waals surface area (Å²) in [6, 6.07) is 9.94. The summed E-state index contributed by atoms with van der Waals surface area (Å²) in [7, 11) is 0. The van der Waals surface area contributed by atoms with E-state index in [9.17, 15) is 18.7 Å². The van der Waals surface area contributed by atoms with Gasteiger partial charge in [0.15, 0.2) is 11.6 Å². The van der Waals surface area contributed by atoms with E-state index in [1.807, 2.05) is 0 Å². The molecule has 0 aromatic heterocycles. The van der Waals surface area contributed by atoms with E-state index in [0.717, 1.165) is 12.1 Å². The smallest absolute Gasteiger partial charge is 0.220 e. The highest BCUT2D eigenvalue weighted by atomic mass is 19.2. The number of phenolic OH excluding ortho intramolecular Hbond substituents is 1. The second-order valence-electron chi connectivity index (χ2n) is 5.09.